The number of rotatable bonds is 5. The van der Waals surface area contributed by atoms with Gasteiger partial charge in [0.2, 0.25) is 10.0 Å². The topological polar surface area (TPSA) is 80.5 Å². The van der Waals surface area contributed by atoms with Crippen LogP contribution in [0.25, 0.3) is 0 Å². The first-order chi connectivity index (χ1) is 10.3. The van der Waals surface area contributed by atoms with Crippen molar-refractivity contribution in [2.24, 2.45) is 5.92 Å². The SMILES string of the molecule is CC1CCC(N(C)S(=O)(=O)Cc2ccc([N+](=O)[O-])cc2)CC1. The highest BCUT2D eigenvalue weighted by atomic mass is 32.2. The summed E-state index contributed by atoms with van der Waals surface area (Å²) in [7, 11) is -1.76. The van der Waals surface area contributed by atoms with Crippen LogP contribution < -0.4 is 0 Å². The summed E-state index contributed by atoms with van der Waals surface area (Å²) in [5.74, 6) is 0.551. The molecule has 0 bridgehead atoms. The minimum Gasteiger partial charge on any atom is -0.258 e. The molecule has 0 unspecified atom stereocenters. The molecule has 0 radical (unpaired) electrons. The third-order valence-electron chi connectivity index (χ3n) is 4.43. The summed E-state index contributed by atoms with van der Waals surface area (Å²) in [5, 5.41) is 10.6. The fourth-order valence-electron chi connectivity index (χ4n) is 2.86. The lowest BCUT2D eigenvalue weighted by Gasteiger charge is -2.32. The maximum absolute atomic E-state index is 12.5. The van der Waals surface area contributed by atoms with Crippen molar-refractivity contribution in [1.29, 1.82) is 0 Å². The van der Waals surface area contributed by atoms with Crippen molar-refractivity contribution < 1.29 is 13.3 Å². The lowest BCUT2D eigenvalue weighted by molar-refractivity contribution is -0.384. The molecule has 22 heavy (non-hydrogen) atoms. The van der Waals surface area contributed by atoms with E-state index in [9.17, 15) is 18.5 Å². The second kappa shape index (κ2) is 6.75. The zero-order chi connectivity index (χ0) is 16.3. The van der Waals surface area contributed by atoms with Gasteiger partial charge in [-0.1, -0.05) is 19.1 Å². The molecule has 122 valence electrons. The molecule has 0 N–H and O–H groups in total. The second-order valence-corrected chi connectivity index (χ2v) is 8.14. The fourth-order valence-corrected chi connectivity index (χ4v) is 4.34. The Hall–Kier alpha value is -1.47. The van der Waals surface area contributed by atoms with Gasteiger partial charge in [0.15, 0.2) is 0 Å². The number of hydrogen-bond acceptors (Lipinski definition) is 4. The highest BCUT2D eigenvalue weighted by Gasteiger charge is 2.29. The Labute approximate surface area is 131 Å². The lowest BCUT2D eigenvalue weighted by Crippen LogP contribution is -2.39. The molecule has 0 spiro atoms. The Kier molecular flexibility index (Phi) is 5.18. The normalized spacial score (nSPS) is 22.7. The van der Waals surface area contributed by atoms with Gasteiger partial charge in [0.1, 0.15) is 0 Å². The lowest BCUT2D eigenvalue weighted by atomic mass is 9.87. The molecule has 0 aliphatic heterocycles. The molecule has 1 saturated carbocycles. The number of hydrogen-bond donors (Lipinski definition) is 0. The summed E-state index contributed by atoms with van der Waals surface area (Å²) in [6.45, 7) is 2.20. The molecule has 1 aliphatic carbocycles. The van der Waals surface area contributed by atoms with Crippen LogP contribution in [0.3, 0.4) is 0 Å². The van der Waals surface area contributed by atoms with Crippen molar-refractivity contribution in [3.8, 4) is 0 Å². The van der Waals surface area contributed by atoms with Crippen LogP contribution in [0.5, 0.6) is 0 Å². The zero-order valence-electron chi connectivity index (χ0n) is 12.9. The third kappa shape index (κ3) is 4.04. The van der Waals surface area contributed by atoms with E-state index in [1.54, 1.807) is 7.05 Å². The molecule has 1 aromatic carbocycles. The van der Waals surface area contributed by atoms with Gasteiger partial charge in [-0.05, 0) is 37.2 Å². The quantitative estimate of drug-likeness (QED) is 0.615. The molecule has 0 amide bonds. The van der Waals surface area contributed by atoms with Crippen LogP contribution in [0.4, 0.5) is 5.69 Å². The van der Waals surface area contributed by atoms with Crippen LogP contribution in [-0.4, -0.2) is 30.7 Å². The number of sulfonamides is 1. The Morgan fingerprint density at radius 1 is 1.18 bits per heavy atom. The monoisotopic (exact) mass is 326 g/mol. The van der Waals surface area contributed by atoms with E-state index >= 15 is 0 Å². The molecule has 7 heteroatoms. The van der Waals surface area contributed by atoms with E-state index in [2.05, 4.69) is 6.92 Å². The van der Waals surface area contributed by atoms with Crippen molar-refractivity contribution in [2.45, 2.75) is 44.4 Å². The summed E-state index contributed by atoms with van der Waals surface area (Å²) >= 11 is 0. The van der Waals surface area contributed by atoms with Gasteiger partial charge in [0.05, 0.1) is 10.7 Å². The molecule has 1 fully saturated rings. The second-order valence-electron chi connectivity index (χ2n) is 6.11. The maximum atomic E-state index is 12.5. The molecular formula is C15H22N2O4S. The zero-order valence-corrected chi connectivity index (χ0v) is 13.8. The van der Waals surface area contributed by atoms with E-state index in [4.69, 9.17) is 0 Å². The predicted octanol–water partition coefficient (Wildman–Crippen LogP) is 2.94. The summed E-state index contributed by atoms with van der Waals surface area (Å²) in [4.78, 5) is 10.1. The standard InChI is InChI=1S/C15H22N2O4S/c1-12-3-7-14(8-4-12)16(2)22(20,21)11-13-5-9-15(10-6-13)17(18)19/h5-6,9-10,12,14H,3-4,7-8,11H2,1-2H3. The van der Waals surface area contributed by atoms with E-state index in [1.165, 1.54) is 28.6 Å². The van der Waals surface area contributed by atoms with Crippen molar-refractivity contribution >= 4 is 15.7 Å². The van der Waals surface area contributed by atoms with Gasteiger partial charge in [-0.15, -0.1) is 0 Å². The molecule has 0 saturated heterocycles. The van der Waals surface area contributed by atoms with E-state index in [0.29, 0.717) is 11.5 Å². The van der Waals surface area contributed by atoms with Crippen LogP contribution >= 0.6 is 0 Å². The average molecular weight is 326 g/mol. The van der Waals surface area contributed by atoms with Gasteiger partial charge in [0.25, 0.3) is 5.69 Å². The highest BCUT2D eigenvalue weighted by molar-refractivity contribution is 7.88. The summed E-state index contributed by atoms with van der Waals surface area (Å²) in [6.07, 6.45) is 3.92. The minimum absolute atomic E-state index is 0.0317. The Bertz CT molecular complexity index is 619. The van der Waals surface area contributed by atoms with Gasteiger partial charge in [-0.25, -0.2) is 12.7 Å². The van der Waals surface area contributed by atoms with Gasteiger partial charge in [-0.2, -0.15) is 0 Å². The Morgan fingerprint density at radius 3 is 2.23 bits per heavy atom. The Balaban J connectivity index is 2.05. The first-order valence-electron chi connectivity index (χ1n) is 7.48. The molecule has 0 aromatic heterocycles. The summed E-state index contributed by atoms with van der Waals surface area (Å²) < 4.78 is 26.5. The van der Waals surface area contributed by atoms with Crippen LogP contribution in [0.1, 0.15) is 38.2 Å². The maximum Gasteiger partial charge on any atom is 0.269 e. The molecule has 0 heterocycles. The number of nitro groups is 1. The number of non-ortho nitro benzene ring substituents is 1. The number of nitrogens with zero attached hydrogens (tertiary/aromatic N) is 2. The van der Waals surface area contributed by atoms with Crippen LogP contribution in [0.15, 0.2) is 24.3 Å². The van der Waals surface area contributed by atoms with Crippen LogP contribution in [-0.2, 0) is 15.8 Å². The van der Waals surface area contributed by atoms with Gasteiger partial charge >= 0.3 is 0 Å². The molecule has 2 rings (SSSR count). The summed E-state index contributed by atoms with van der Waals surface area (Å²) in [5.41, 5.74) is 0.539. The van der Waals surface area contributed by atoms with Crippen molar-refractivity contribution in [1.82, 2.24) is 4.31 Å². The molecule has 1 aliphatic rings. The molecule has 1 aromatic rings. The van der Waals surface area contributed by atoms with Gasteiger partial charge in [-0.3, -0.25) is 10.1 Å². The average Bonchev–Trinajstić information content (AvgIpc) is 2.47. The van der Waals surface area contributed by atoms with Gasteiger partial charge < -0.3 is 0 Å². The molecule has 0 atom stereocenters. The largest absolute Gasteiger partial charge is 0.269 e. The van der Waals surface area contributed by atoms with Gasteiger partial charge in [0, 0.05) is 25.2 Å². The highest BCUT2D eigenvalue weighted by Crippen LogP contribution is 2.28. The summed E-state index contributed by atoms with van der Waals surface area (Å²) in [6, 6.07) is 5.76. The van der Waals surface area contributed by atoms with E-state index in [1.807, 2.05) is 0 Å². The number of nitro benzene ring substituents is 1. The van der Waals surface area contributed by atoms with E-state index in [0.717, 1.165) is 25.7 Å². The fraction of sp³-hybridized carbons (Fsp3) is 0.600. The van der Waals surface area contributed by atoms with Crippen LogP contribution in [0.2, 0.25) is 0 Å². The first kappa shape index (κ1) is 16.9. The van der Waals surface area contributed by atoms with Crippen molar-refractivity contribution in [3.63, 3.8) is 0 Å². The third-order valence-corrected chi connectivity index (χ3v) is 6.31. The van der Waals surface area contributed by atoms with Crippen molar-refractivity contribution in [3.05, 3.63) is 39.9 Å². The predicted molar refractivity (Wildman–Crippen MR) is 84.9 cm³/mol. The molecular weight excluding hydrogens is 304 g/mol. The number of benzene rings is 1. The first-order valence-corrected chi connectivity index (χ1v) is 9.09. The Morgan fingerprint density at radius 2 is 1.73 bits per heavy atom. The molecule has 6 nitrogen and oxygen atoms in total. The van der Waals surface area contributed by atoms with E-state index < -0.39 is 14.9 Å². The van der Waals surface area contributed by atoms with Crippen LogP contribution in [0, 0.1) is 16.0 Å². The smallest absolute Gasteiger partial charge is 0.258 e. The minimum atomic E-state index is -3.40. The van der Waals surface area contributed by atoms with Crippen molar-refractivity contribution in [2.75, 3.05) is 7.05 Å². The van der Waals surface area contributed by atoms with E-state index in [-0.39, 0.29) is 17.5 Å².